The van der Waals surface area contributed by atoms with E-state index in [1.54, 1.807) is 36.4 Å². The molecule has 0 unspecified atom stereocenters. The number of anilines is 2. The highest BCUT2D eigenvalue weighted by molar-refractivity contribution is 9.10. The van der Waals surface area contributed by atoms with Gasteiger partial charge >= 0.3 is 5.97 Å². The Balaban J connectivity index is 1.85. The van der Waals surface area contributed by atoms with Crippen LogP contribution in [0.2, 0.25) is 0 Å². The van der Waals surface area contributed by atoms with Gasteiger partial charge < -0.3 is 15.3 Å². The number of halogens is 1. The number of aromatic carboxylic acids is 1. The van der Waals surface area contributed by atoms with Crippen molar-refractivity contribution in [3.05, 3.63) is 58.1 Å². The zero-order chi connectivity index (χ0) is 17.1. The number of carbonyl (C=O) groups is 2. The molecule has 1 aliphatic heterocycles. The molecule has 2 aromatic rings. The molecule has 0 spiro atoms. The van der Waals surface area contributed by atoms with E-state index in [2.05, 4.69) is 26.1 Å². The minimum atomic E-state index is -1.05. The highest BCUT2D eigenvalue weighted by Gasteiger charge is 2.18. The number of amides is 1. The zero-order valence-electron chi connectivity index (χ0n) is 13.0. The molecule has 0 atom stereocenters. The summed E-state index contributed by atoms with van der Waals surface area (Å²) in [7, 11) is 0. The zero-order valence-corrected chi connectivity index (χ0v) is 14.5. The average molecular weight is 389 g/mol. The molecule has 2 aromatic carbocycles. The van der Waals surface area contributed by atoms with Crippen LogP contribution in [-0.4, -0.2) is 30.1 Å². The van der Waals surface area contributed by atoms with Crippen molar-refractivity contribution >= 4 is 39.2 Å². The van der Waals surface area contributed by atoms with E-state index >= 15 is 0 Å². The predicted molar refractivity (Wildman–Crippen MR) is 96.9 cm³/mol. The summed E-state index contributed by atoms with van der Waals surface area (Å²) in [6.45, 7) is 1.87. The molecule has 2 N–H and O–H groups in total. The van der Waals surface area contributed by atoms with Gasteiger partial charge in [0, 0.05) is 28.8 Å². The lowest BCUT2D eigenvalue weighted by Gasteiger charge is -2.19. The van der Waals surface area contributed by atoms with Crippen LogP contribution in [0.3, 0.4) is 0 Å². The summed E-state index contributed by atoms with van der Waals surface area (Å²) >= 11 is 3.32. The third-order valence-corrected chi connectivity index (χ3v) is 4.59. The molecular weight excluding hydrogens is 372 g/mol. The second-order valence-corrected chi connectivity index (χ2v) is 6.61. The Hall–Kier alpha value is -2.34. The van der Waals surface area contributed by atoms with E-state index in [9.17, 15) is 14.7 Å². The molecule has 0 saturated carbocycles. The van der Waals surface area contributed by atoms with Gasteiger partial charge in [0.15, 0.2) is 0 Å². The van der Waals surface area contributed by atoms with E-state index in [-0.39, 0.29) is 11.5 Å². The van der Waals surface area contributed by atoms with Gasteiger partial charge in [-0.2, -0.15) is 0 Å². The molecule has 1 aliphatic rings. The molecule has 0 aromatic heterocycles. The molecule has 1 saturated heterocycles. The fourth-order valence-electron chi connectivity index (χ4n) is 2.79. The lowest BCUT2D eigenvalue weighted by Crippen LogP contribution is -2.19. The number of nitrogens with zero attached hydrogens (tertiary/aromatic N) is 1. The second-order valence-electron chi connectivity index (χ2n) is 5.69. The van der Waals surface area contributed by atoms with Crippen molar-refractivity contribution < 1.29 is 14.7 Å². The smallest absolute Gasteiger partial charge is 0.337 e. The van der Waals surface area contributed by atoms with Gasteiger partial charge in [0.05, 0.1) is 11.3 Å². The Morgan fingerprint density at radius 1 is 1.04 bits per heavy atom. The van der Waals surface area contributed by atoms with E-state index in [0.717, 1.165) is 36.1 Å². The number of hydrogen-bond donors (Lipinski definition) is 2. The van der Waals surface area contributed by atoms with Crippen molar-refractivity contribution in [3.63, 3.8) is 0 Å². The van der Waals surface area contributed by atoms with E-state index in [0.29, 0.717) is 11.3 Å². The monoisotopic (exact) mass is 388 g/mol. The van der Waals surface area contributed by atoms with Crippen molar-refractivity contribution in [1.29, 1.82) is 0 Å². The normalized spacial score (nSPS) is 13.8. The van der Waals surface area contributed by atoms with Crippen LogP contribution in [0.1, 0.15) is 33.6 Å². The Labute approximate surface area is 148 Å². The fourth-order valence-corrected chi connectivity index (χ4v) is 3.05. The van der Waals surface area contributed by atoms with E-state index in [1.807, 2.05) is 6.07 Å². The molecule has 1 fully saturated rings. The molecule has 6 heteroatoms. The van der Waals surface area contributed by atoms with Crippen LogP contribution in [-0.2, 0) is 0 Å². The summed E-state index contributed by atoms with van der Waals surface area (Å²) in [6.07, 6.45) is 2.23. The quantitative estimate of drug-likeness (QED) is 0.830. The average Bonchev–Trinajstić information content (AvgIpc) is 3.10. The minimum absolute atomic E-state index is 0.102. The number of rotatable bonds is 4. The van der Waals surface area contributed by atoms with Crippen molar-refractivity contribution in [2.24, 2.45) is 0 Å². The lowest BCUT2D eigenvalue weighted by atomic mass is 10.1. The van der Waals surface area contributed by atoms with Crippen LogP contribution in [0, 0.1) is 0 Å². The molecular formula is C18H17BrN2O3. The maximum absolute atomic E-state index is 12.3. The third-order valence-electron chi connectivity index (χ3n) is 4.06. The van der Waals surface area contributed by atoms with Crippen molar-refractivity contribution in [3.8, 4) is 0 Å². The maximum Gasteiger partial charge on any atom is 0.337 e. The molecule has 0 aliphatic carbocycles. The first kappa shape index (κ1) is 16.5. The standard InChI is InChI=1S/C18H17BrN2O3/c19-13-5-3-12(4-6-13)17(22)20-16-8-7-14(11-15(16)18(23)24)21-9-1-2-10-21/h3-8,11H,1-2,9-10H2,(H,20,22)(H,23,24). The molecule has 1 amide bonds. The molecule has 24 heavy (non-hydrogen) atoms. The third kappa shape index (κ3) is 3.59. The number of carboxylic acid groups (broad SMARTS) is 1. The molecule has 1 heterocycles. The number of carboxylic acids is 1. The Morgan fingerprint density at radius 3 is 2.33 bits per heavy atom. The van der Waals surface area contributed by atoms with Gasteiger partial charge in [-0.1, -0.05) is 15.9 Å². The Bertz CT molecular complexity index is 768. The largest absolute Gasteiger partial charge is 0.478 e. The van der Waals surface area contributed by atoms with Crippen LogP contribution in [0.4, 0.5) is 11.4 Å². The van der Waals surface area contributed by atoms with Crippen LogP contribution >= 0.6 is 15.9 Å². The number of benzene rings is 2. The van der Waals surface area contributed by atoms with Gasteiger partial charge in [-0.3, -0.25) is 4.79 Å². The first-order valence-electron chi connectivity index (χ1n) is 7.74. The molecule has 124 valence electrons. The van der Waals surface area contributed by atoms with E-state index in [1.165, 1.54) is 0 Å². The topological polar surface area (TPSA) is 69.6 Å². The second kappa shape index (κ2) is 7.05. The minimum Gasteiger partial charge on any atom is -0.478 e. The van der Waals surface area contributed by atoms with Crippen molar-refractivity contribution in [2.45, 2.75) is 12.8 Å². The van der Waals surface area contributed by atoms with Gasteiger partial charge in [-0.25, -0.2) is 4.79 Å². The van der Waals surface area contributed by atoms with Gasteiger partial charge in [0.25, 0.3) is 5.91 Å². The van der Waals surface area contributed by atoms with Gasteiger partial charge in [0.1, 0.15) is 0 Å². The highest BCUT2D eigenvalue weighted by atomic mass is 79.9. The van der Waals surface area contributed by atoms with Crippen LogP contribution < -0.4 is 10.2 Å². The summed E-state index contributed by atoms with van der Waals surface area (Å²) in [5, 5.41) is 12.2. The first-order valence-corrected chi connectivity index (χ1v) is 8.53. The first-order chi connectivity index (χ1) is 11.5. The summed E-state index contributed by atoms with van der Waals surface area (Å²) < 4.78 is 0.875. The summed E-state index contributed by atoms with van der Waals surface area (Å²) in [4.78, 5) is 26.0. The van der Waals surface area contributed by atoms with Crippen LogP contribution in [0.5, 0.6) is 0 Å². The molecule has 0 bridgehead atoms. The SMILES string of the molecule is O=C(Nc1ccc(N2CCCC2)cc1C(=O)O)c1ccc(Br)cc1. The number of carbonyl (C=O) groups excluding carboxylic acids is 1. The van der Waals surface area contributed by atoms with Crippen molar-refractivity contribution in [1.82, 2.24) is 0 Å². The number of hydrogen-bond acceptors (Lipinski definition) is 3. The molecule has 5 nitrogen and oxygen atoms in total. The molecule has 0 radical (unpaired) electrons. The lowest BCUT2D eigenvalue weighted by molar-refractivity contribution is 0.0698. The fraction of sp³-hybridized carbons (Fsp3) is 0.222. The maximum atomic E-state index is 12.3. The van der Waals surface area contributed by atoms with Gasteiger partial charge in [-0.05, 0) is 55.3 Å². The predicted octanol–water partition coefficient (Wildman–Crippen LogP) is 4.00. The van der Waals surface area contributed by atoms with Gasteiger partial charge in [0.2, 0.25) is 0 Å². The van der Waals surface area contributed by atoms with Crippen molar-refractivity contribution in [2.75, 3.05) is 23.3 Å². The summed E-state index contributed by atoms with van der Waals surface area (Å²) in [5.41, 5.74) is 1.76. The van der Waals surface area contributed by atoms with Crippen LogP contribution in [0.25, 0.3) is 0 Å². The highest BCUT2D eigenvalue weighted by Crippen LogP contribution is 2.26. The molecule has 3 rings (SSSR count). The Morgan fingerprint density at radius 2 is 1.71 bits per heavy atom. The van der Waals surface area contributed by atoms with Gasteiger partial charge in [-0.15, -0.1) is 0 Å². The Kier molecular flexibility index (Phi) is 4.85. The number of nitrogens with one attached hydrogen (secondary N) is 1. The van der Waals surface area contributed by atoms with E-state index in [4.69, 9.17) is 0 Å². The van der Waals surface area contributed by atoms with E-state index < -0.39 is 5.97 Å². The summed E-state index contributed by atoms with van der Waals surface area (Å²) in [6, 6.07) is 12.0. The summed E-state index contributed by atoms with van der Waals surface area (Å²) in [5.74, 6) is -1.39. The van der Waals surface area contributed by atoms with Crippen LogP contribution in [0.15, 0.2) is 46.9 Å².